The second-order valence-corrected chi connectivity index (χ2v) is 6.00. The first-order valence-corrected chi connectivity index (χ1v) is 7.31. The van der Waals surface area contributed by atoms with Crippen molar-refractivity contribution in [2.24, 2.45) is 5.41 Å². The Morgan fingerprint density at radius 2 is 1.75 bits per heavy atom. The van der Waals surface area contributed by atoms with Gasteiger partial charge in [-0.05, 0) is 29.5 Å². The predicted octanol–water partition coefficient (Wildman–Crippen LogP) is 4.20. The Labute approximate surface area is 122 Å². The number of hydrogen-bond acceptors (Lipinski definition) is 2. The molecule has 0 aliphatic rings. The third-order valence-corrected chi connectivity index (χ3v) is 3.86. The molecule has 1 atom stereocenters. The molecule has 1 aromatic carbocycles. The summed E-state index contributed by atoms with van der Waals surface area (Å²) in [5.74, 6) is 0. The quantitative estimate of drug-likeness (QED) is 0.849. The van der Waals surface area contributed by atoms with Crippen LogP contribution in [0.5, 0.6) is 0 Å². The van der Waals surface area contributed by atoms with Crippen LogP contribution in [0.4, 0.5) is 0 Å². The first-order chi connectivity index (χ1) is 9.62. The van der Waals surface area contributed by atoms with Crippen molar-refractivity contribution >= 4 is 0 Å². The van der Waals surface area contributed by atoms with Gasteiger partial charge in [0.05, 0.1) is 11.7 Å². The molecule has 1 aromatic heterocycles. The van der Waals surface area contributed by atoms with Crippen LogP contribution in [-0.2, 0) is 0 Å². The third kappa shape index (κ3) is 3.91. The Morgan fingerprint density at radius 1 is 1.05 bits per heavy atom. The minimum Gasteiger partial charge on any atom is -0.304 e. The maximum atomic E-state index is 4.52. The lowest BCUT2D eigenvalue weighted by Gasteiger charge is -2.27. The highest BCUT2D eigenvalue weighted by molar-refractivity contribution is 5.27. The molecule has 0 aliphatic heterocycles. The fraction of sp³-hybridized carbons (Fsp3) is 0.389. The molecule has 0 saturated carbocycles. The monoisotopic (exact) mass is 268 g/mol. The topological polar surface area (TPSA) is 24.9 Å². The molecule has 20 heavy (non-hydrogen) atoms. The Morgan fingerprint density at radius 3 is 2.35 bits per heavy atom. The number of hydrogen-bond donors (Lipinski definition) is 1. The highest BCUT2D eigenvalue weighted by atomic mass is 14.9. The number of benzene rings is 1. The Bertz CT molecular complexity index is 466. The van der Waals surface area contributed by atoms with E-state index in [-0.39, 0.29) is 6.04 Å². The highest BCUT2D eigenvalue weighted by Crippen LogP contribution is 2.24. The van der Waals surface area contributed by atoms with Gasteiger partial charge in [-0.2, -0.15) is 0 Å². The summed E-state index contributed by atoms with van der Waals surface area (Å²) in [6.07, 6.45) is 3.02. The van der Waals surface area contributed by atoms with E-state index < -0.39 is 0 Å². The number of aromatic nitrogens is 1. The molecule has 1 N–H and O–H groups in total. The molecule has 2 aromatic rings. The Kier molecular flexibility index (Phi) is 4.91. The molecule has 0 aliphatic carbocycles. The Balaban J connectivity index is 2.22. The van der Waals surface area contributed by atoms with E-state index in [9.17, 15) is 0 Å². The first kappa shape index (κ1) is 14.7. The van der Waals surface area contributed by atoms with Gasteiger partial charge in [0.25, 0.3) is 0 Å². The summed E-state index contributed by atoms with van der Waals surface area (Å²) in [7, 11) is 0. The van der Waals surface area contributed by atoms with E-state index in [0.717, 1.165) is 18.7 Å². The van der Waals surface area contributed by atoms with Crippen LogP contribution in [0, 0.1) is 5.41 Å². The van der Waals surface area contributed by atoms with Crippen LogP contribution in [0.25, 0.3) is 0 Å². The van der Waals surface area contributed by atoms with Gasteiger partial charge < -0.3 is 5.32 Å². The van der Waals surface area contributed by atoms with E-state index in [4.69, 9.17) is 0 Å². The summed E-state index contributed by atoms with van der Waals surface area (Å²) >= 11 is 0. The normalized spacial score (nSPS) is 13.2. The number of pyridine rings is 1. The maximum Gasteiger partial charge on any atom is 0.0751 e. The molecule has 0 radical (unpaired) electrons. The van der Waals surface area contributed by atoms with Gasteiger partial charge in [0.15, 0.2) is 0 Å². The molecule has 106 valence electrons. The Hall–Kier alpha value is -1.67. The summed E-state index contributed by atoms with van der Waals surface area (Å²) < 4.78 is 0. The van der Waals surface area contributed by atoms with Crippen LogP contribution in [0.2, 0.25) is 0 Å². The average molecular weight is 268 g/mol. The van der Waals surface area contributed by atoms with Crippen molar-refractivity contribution in [3.05, 3.63) is 66.0 Å². The molecule has 0 amide bonds. The molecule has 0 spiro atoms. The van der Waals surface area contributed by atoms with E-state index >= 15 is 0 Å². The molecule has 2 rings (SSSR count). The molecule has 2 nitrogen and oxygen atoms in total. The summed E-state index contributed by atoms with van der Waals surface area (Å²) in [6, 6.07) is 16.8. The SMILES string of the molecule is CCC(C)(C)CNC(c1ccccc1)c1ccccn1. The van der Waals surface area contributed by atoms with Crippen LogP contribution >= 0.6 is 0 Å². The second-order valence-electron chi connectivity index (χ2n) is 6.00. The smallest absolute Gasteiger partial charge is 0.0751 e. The van der Waals surface area contributed by atoms with Crippen molar-refractivity contribution in [2.75, 3.05) is 6.54 Å². The highest BCUT2D eigenvalue weighted by Gasteiger charge is 2.20. The van der Waals surface area contributed by atoms with E-state index in [0.29, 0.717) is 5.41 Å². The molecule has 0 bridgehead atoms. The summed E-state index contributed by atoms with van der Waals surface area (Å²) in [5, 5.41) is 3.68. The predicted molar refractivity (Wildman–Crippen MR) is 84.6 cm³/mol. The number of nitrogens with one attached hydrogen (secondary N) is 1. The van der Waals surface area contributed by atoms with E-state index in [1.807, 2.05) is 18.3 Å². The zero-order valence-corrected chi connectivity index (χ0v) is 12.6. The number of rotatable bonds is 6. The summed E-state index contributed by atoms with van der Waals surface area (Å²) in [4.78, 5) is 4.52. The van der Waals surface area contributed by atoms with Gasteiger partial charge in [-0.15, -0.1) is 0 Å². The average Bonchev–Trinajstić information content (AvgIpc) is 2.49. The lowest BCUT2D eigenvalue weighted by atomic mass is 9.89. The molecule has 0 saturated heterocycles. The van der Waals surface area contributed by atoms with Crippen LogP contribution in [-0.4, -0.2) is 11.5 Å². The molecular weight excluding hydrogens is 244 g/mol. The number of nitrogens with zero attached hydrogens (tertiary/aromatic N) is 1. The fourth-order valence-electron chi connectivity index (χ4n) is 2.09. The van der Waals surface area contributed by atoms with Crippen LogP contribution in [0.3, 0.4) is 0 Å². The zero-order valence-electron chi connectivity index (χ0n) is 12.6. The van der Waals surface area contributed by atoms with E-state index in [1.165, 1.54) is 5.56 Å². The molecule has 1 unspecified atom stereocenters. The maximum absolute atomic E-state index is 4.52. The lowest BCUT2D eigenvalue weighted by Crippen LogP contribution is -2.33. The van der Waals surface area contributed by atoms with Crippen LogP contribution in [0.15, 0.2) is 54.7 Å². The van der Waals surface area contributed by atoms with Gasteiger partial charge in [-0.3, -0.25) is 4.98 Å². The van der Waals surface area contributed by atoms with Gasteiger partial charge in [0.2, 0.25) is 0 Å². The molecular formula is C18H24N2. The van der Waals surface area contributed by atoms with Gasteiger partial charge in [0, 0.05) is 12.7 Å². The zero-order chi connectivity index (χ0) is 14.4. The van der Waals surface area contributed by atoms with Crippen LogP contribution < -0.4 is 5.32 Å². The van der Waals surface area contributed by atoms with Gasteiger partial charge in [0.1, 0.15) is 0 Å². The van der Waals surface area contributed by atoms with Crippen LogP contribution in [0.1, 0.15) is 44.5 Å². The minimum absolute atomic E-state index is 0.156. The first-order valence-electron chi connectivity index (χ1n) is 7.31. The van der Waals surface area contributed by atoms with E-state index in [1.54, 1.807) is 0 Å². The van der Waals surface area contributed by atoms with Crippen molar-refractivity contribution in [1.29, 1.82) is 0 Å². The van der Waals surface area contributed by atoms with Crippen molar-refractivity contribution in [1.82, 2.24) is 10.3 Å². The largest absolute Gasteiger partial charge is 0.304 e. The minimum atomic E-state index is 0.156. The fourth-order valence-corrected chi connectivity index (χ4v) is 2.09. The lowest BCUT2D eigenvalue weighted by molar-refractivity contribution is 0.317. The van der Waals surface area contributed by atoms with Crippen molar-refractivity contribution in [3.63, 3.8) is 0 Å². The molecule has 2 heteroatoms. The molecule has 0 fully saturated rings. The van der Waals surface area contributed by atoms with E-state index in [2.05, 4.69) is 67.5 Å². The van der Waals surface area contributed by atoms with Gasteiger partial charge in [-0.25, -0.2) is 0 Å². The summed E-state index contributed by atoms with van der Waals surface area (Å²) in [6.45, 7) is 7.79. The van der Waals surface area contributed by atoms with Crippen molar-refractivity contribution < 1.29 is 0 Å². The van der Waals surface area contributed by atoms with Gasteiger partial charge in [-0.1, -0.05) is 57.2 Å². The van der Waals surface area contributed by atoms with Gasteiger partial charge >= 0.3 is 0 Å². The summed E-state index contributed by atoms with van der Waals surface area (Å²) in [5.41, 5.74) is 2.63. The molecule has 1 heterocycles. The second kappa shape index (κ2) is 6.67. The van der Waals surface area contributed by atoms with Crippen molar-refractivity contribution in [2.45, 2.75) is 33.2 Å². The standard InChI is InChI=1S/C18H24N2/c1-4-18(2,3)14-20-17(15-10-6-5-7-11-15)16-12-8-9-13-19-16/h5-13,17,20H,4,14H2,1-3H3. The van der Waals surface area contributed by atoms with Crippen molar-refractivity contribution in [3.8, 4) is 0 Å². The third-order valence-electron chi connectivity index (χ3n) is 3.86.